The number of carbonyl (C=O) groups is 4. The highest BCUT2D eigenvalue weighted by atomic mass is 16.6. The van der Waals surface area contributed by atoms with Crippen molar-refractivity contribution in [3.05, 3.63) is 65.7 Å². The second-order valence-corrected chi connectivity index (χ2v) is 10.1. The number of hydrogen-bond donors (Lipinski definition) is 2. The van der Waals surface area contributed by atoms with Crippen LogP contribution in [0, 0.1) is 0 Å². The van der Waals surface area contributed by atoms with Gasteiger partial charge in [0.05, 0.1) is 13.0 Å². The van der Waals surface area contributed by atoms with Crippen LogP contribution >= 0.6 is 0 Å². The Morgan fingerprint density at radius 1 is 0.757 bits per heavy atom. The molecule has 2 rings (SSSR count). The van der Waals surface area contributed by atoms with Crippen molar-refractivity contribution in [3.8, 4) is 5.75 Å². The molecule has 0 aliphatic rings. The summed E-state index contributed by atoms with van der Waals surface area (Å²) in [5, 5.41) is 0. The molecule has 0 atom stereocenters. The quantitative estimate of drug-likeness (QED) is 0.531. The fraction of sp³-hybridized carbons (Fsp3) is 0.407. The molecule has 0 unspecified atom stereocenters. The Morgan fingerprint density at radius 3 is 1.81 bits per heavy atom. The number of hydrazine groups is 1. The molecular weight excluding hydrogens is 478 g/mol. The number of imide groups is 1. The lowest BCUT2D eigenvalue weighted by Gasteiger charge is -2.28. The summed E-state index contributed by atoms with van der Waals surface area (Å²) in [6.07, 6.45) is -1.61. The molecule has 0 fully saturated rings. The molecule has 0 heterocycles. The third kappa shape index (κ3) is 11.0. The third-order valence-electron chi connectivity index (χ3n) is 4.45. The van der Waals surface area contributed by atoms with Crippen LogP contribution in [0.3, 0.4) is 0 Å². The van der Waals surface area contributed by atoms with E-state index in [9.17, 15) is 19.2 Å². The van der Waals surface area contributed by atoms with E-state index in [1.54, 1.807) is 96.1 Å². The standard InChI is InChI=1S/C27H35N3O7/c1-26(2,3)36-24(33)30(25(34)37-27(4,5)6)16-17-35-21-14-12-19(13-15-21)18-22(31)28-29-23(32)20-10-8-7-9-11-20/h7-15H,16-18H2,1-6H3,(H,28,31)(H,29,32). The molecule has 0 bridgehead atoms. The summed E-state index contributed by atoms with van der Waals surface area (Å²) in [6, 6.07) is 15.3. The average Bonchev–Trinajstić information content (AvgIpc) is 2.79. The molecule has 0 spiro atoms. The normalized spacial score (nSPS) is 11.2. The Kier molecular flexibility index (Phi) is 10.0. The minimum Gasteiger partial charge on any atom is -0.492 e. The molecular formula is C27H35N3O7. The Morgan fingerprint density at radius 2 is 1.30 bits per heavy atom. The maximum atomic E-state index is 12.5. The van der Waals surface area contributed by atoms with Gasteiger partial charge < -0.3 is 14.2 Å². The molecule has 37 heavy (non-hydrogen) atoms. The van der Waals surface area contributed by atoms with Gasteiger partial charge in [-0.05, 0) is 71.4 Å². The second kappa shape index (κ2) is 12.8. The number of benzene rings is 2. The SMILES string of the molecule is CC(C)(C)OC(=O)N(CCOc1ccc(CC(=O)NNC(=O)c2ccccc2)cc1)C(=O)OC(C)(C)C. The summed E-state index contributed by atoms with van der Waals surface area (Å²) >= 11 is 0. The lowest BCUT2D eigenvalue weighted by molar-refractivity contribution is -0.121. The molecule has 0 radical (unpaired) electrons. The number of ether oxygens (including phenoxy) is 3. The van der Waals surface area contributed by atoms with Crippen LogP contribution in [0.2, 0.25) is 0 Å². The molecule has 200 valence electrons. The molecule has 4 amide bonds. The van der Waals surface area contributed by atoms with E-state index in [1.807, 2.05) is 0 Å². The predicted octanol–water partition coefficient (Wildman–Crippen LogP) is 4.24. The molecule has 2 N–H and O–H groups in total. The summed E-state index contributed by atoms with van der Waals surface area (Å²) in [5.74, 6) is -0.317. The summed E-state index contributed by atoms with van der Waals surface area (Å²) in [6.45, 7) is 10.1. The van der Waals surface area contributed by atoms with Crippen molar-refractivity contribution in [2.24, 2.45) is 0 Å². The van der Waals surface area contributed by atoms with Gasteiger partial charge in [0.1, 0.15) is 23.6 Å². The summed E-state index contributed by atoms with van der Waals surface area (Å²) in [5.41, 5.74) is 4.31. The highest BCUT2D eigenvalue weighted by Gasteiger charge is 2.31. The van der Waals surface area contributed by atoms with E-state index in [-0.39, 0.29) is 25.5 Å². The summed E-state index contributed by atoms with van der Waals surface area (Å²) < 4.78 is 16.3. The van der Waals surface area contributed by atoms with Gasteiger partial charge in [0.2, 0.25) is 5.91 Å². The molecule has 2 aromatic carbocycles. The van der Waals surface area contributed by atoms with Gasteiger partial charge in [0.15, 0.2) is 0 Å². The van der Waals surface area contributed by atoms with Crippen LogP contribution in [-0.4, -0.2) is 53.3 Å². The molecule has 0 saturated heterocycles. The first-order valence-electron chi connectivity index (χ1n) is 11.8. The summed E-state index contributed by atoms with van der Waals surface area (Å²) in [7, 11) is 0. The Hall–Kier alpha value is -4.08. The Labute approximate surface area is 217 Å². The topological polar surface area (TPSA) is 123 Å². The van der Waals surface area contributed by atoms with Gasteiger partial charge in [-0.25, -0.2) is 14.5 Å². The van der Waals surface area contributed by atoms with Crippen molar-refractivity contribution in [1.29, 1.82) is 0 Å². The van der Waals surface area contributed by atoms with Crippen molar-refractivity contribution in [2.75, 3.05) is 13.2 Å². The van der Waals surface area contributed by atoms with Crippen LogP contribution < -0.4 is 15.6 Å². The van der Waals surface area contributed by atoms with E-state index in [0.29, 0.717) is 16.9 Å². The number of rotatable bonds is 7. The monoisotopic (exact) mass is 513 g/mol. The van der Waals surface area contributed by atoms with Gasteiger partial charge >= 0.3 is 12.2 Å². The van der Waals surface area contributed by atoms with Crippen LogP contribution in [0.5, 0.6) is 5.75 Å². The molecule has 0 aliphatic carbocycles. The molecule has 10 heteroatoms. The molecule has 10 nitrogen and oxygen atoms in total. The van der Waals surface area contributed by atoms with E-state index >= 15 is 0 Å². The molecule has 0 saturated carbocycles. The predicted molar refractivity (Wildman–Crippen MR) is 137 cm³/mol. The van der Waals surface area contributed by atoms with Gasteiger partial charge in [-0.15, -0.1) is 0 Å². The van der Waals surface area contributed by atoms with Crippen molar-refractivity contribution < 1.29 is 33.4 Å². The first kappa shape index (κ1) is 29.2. The molecule has 0 aromatic heterocycles. The highest BCUT2D eigenvalue weighted by Crippen LogP contribution is 2.16. The lowest BCUT2D eigenvalue weighted by atomic mass is 10.1. The third-order valence-corrected chi connectivity index (χ3v) is 4.45. The number of amides is 4. The zero-order valence-corrected chi connectivity index (χ0v) is 22.1. The lowest BCUT2D eigenvalue weighted by Crippen LogP contribution is -2.45. The maximum absolute atomic E-state index is 12.5. The van der Waals surface area contributed by atoms with Gasteiger partial charge in [0.25, 0.3) is 5.91 Å². The highest BCUT2D eigenvalue weighted by molar-refractivity contribution is 5.95. The number of hydrogen-bond acceptors (Lipinski definition) is 7. The number of carbonyl (C=O) groups excluding carboxylic acids is 4. The van der Waals surface area contributed by atoms with E-state index in [0.717, 1.165) is 4.90 Å². The Balaban J connectivity index is 1.87. The minimum atomic E-state index is -0.828. The van der Waals surface area contributed by atoms with Crippen LogP contribution in [0.1, 0.15) is 57.5 Å². The van der Waals surface area contributed by atoms with Crippen molar-refractivity contribution in [1.82, 2.24) is 15.8 Å². The summed E-state index contributed by atoms with van der Waals surface area (Å²) in [4.78, 5) is 50.1. The average molecular weight is 514 g/mol. The van der Waals surface area contributed by atoms with Crippen LogP contribution in [-0.2, 0) is 20.7 Å². The zero-order chi connectivity index (χ0) is 27.6. The van der Waals surface area contributed by atoms with Gasteiger partial charge in [-0.1, -0.05) is 30.3 Å². The molecule has 2 aromatic rings. The number of nitrogens with one attached hydrogen (secondary N) is 2. The van der Waals surface area contributed by atoms with Crippen molar-refractivity contribution in [3.63, 3.8) is 0 Å². The van der Waals surface area contributed by atoms with Crippen LogP contribution in [0.4, 0.5) is 9.59 Å². The van der Waals surface area contributed by atoms with Crippen LogP contribution in [0.15, 0.2) is 54.6 Å². The van der Waals surface area contributed by atoms with Gasteiger partial charge in [-0.2, -0.15) is 0 Å². The van der Waals surface area contributed by atoms with Crippen LogP contribution in [0.25, 0.3) is 0 Å². The second-order valence-electron chi connectivity index (χ2n) is 10.1. The first-order valence-corrected chi connectivity index (χ1v) is 11.8. The minimum absolute atomic E-state index is 0.00381. The van der Waals surface area contributed by atoms with E-state index in [4.69, 9.17) is 14.2 Å². The van der Waals surface area contributed by atoms with Crippen molar-refractivity contribution in [2.45, 2.75) is 59.2 Å². The Bertz CT molecular complexity index is 1040. The van der Waals surface area contributed by atoms with E-state index in [1.165, 1.54) is 0 Å². The number of nitrogens with zero attached hydrogens (tertiary/aromatic N) is 1. The fourth-order valence-corrected chi connectivity index (χ4v) is 2.87. The first-order chi connectivity index (χ1) is 17.2. The van der Waals surface area contributed by atoms with Gasteiger partial charge in [-0.3, -0.25) is 20.4 Å². The zero-order valence-electron chi connectivity index (χ0n) is 22.1. The maximum Gasteiger partial charge on any atom is 0.419 e. The van der Waals surface area contributed by atoms with Gasteiger partial charge in [0, 0.05) is 5.56 Å². The van der Waals surface area contributed by atoms with Crippen molar-refractivity contribution >= 4 is 24.0 Å². The molecule has 0 aliphatic heterocycles. The van der Waals surface area contributed by atoms with E-state index in [2.05, 4.69) is 10.9 Å². The largest absolute Gasteiger partial charge is 0.492 e. The fourth-order valence-electron chi connectivity index (χ4n) is 2.87. The smallest absolute Gasteiger partial charge is 0.419 e. The van der Waals surface area contributed by atoms with E-state index < -0.39 is 29.3 Å².